The van der Waals surface area contributed by atoms with E-state index in [2.05, 4.69) is 6.92 Å². The zero-order valence-corrected chi connectivity index (χ0v) is 13.2. The van der Waals surface area contributed by atoms with Gasteiger partial charge in [0.05, 0.1) is 0 Å². The normalized spacial score (nSPS) is 21.1. The molecule has 0 nitrogen and oxygen atoms in total. The second-order valence-corrected chi connectivity index (χ2v) is 6.54. The zero-order valence-electron chi connectivity index (χ0n) is 13.2. The van der Waals surface area contributed by atoms with E-state index >= 15 is 0 Å². The maximum absolute atomic E-state index is 14.5. The molecule has 0 spiro atoms. The number of halogens is 5. The van der Waals surface area contributed by atoms with Gasteiger partial charge in [0, 0.05) is 5.56 Å². The predicted molar refractivity (Wildman–Crippen MR) is 82.0 cm³/mol. The molecule has 0 atom stereocenters. The molecule has 3 rings (SSSR count). The SMILES string of the molecule is CC1CCC(c2ccc(-c3cc(F)c(F)c(F)c3)c(F)c2F)CC1. The van der Waals surface area contributed by atoms with Crippen molar-refractivity contribution in [2.45, 2.75) is 38.5 Å². The van der Waals surface area contributed by atoms with Crippen LogP contribution in [-0.4, -0.2) is 0 Å². The van der Waals surface area contributed by atoms with Crippen molar-refractivity contribution in [3.63, 3.8) is 0 Å². The highest BCUT2D eigenvalue weighted by atomic mass is 19.2. The average Bonchev–Trinajstić information content (AvgIpc) is 2.56. The van der Waals surface area contributed by atoms with Crippen molar-refractivity contribution in [1.29, 1.82) is 0 Å². The Balaban J connectivity index is 1.99. The molecule has 2 aromatic rings. The summed E-state index contributed by atoms with van der Waals surface area (Å²) in [7, 11) is 0. The molecule has 1 aliphatic rings. The van der Waals surface area contributed by atoms with Gasteiger partial charge >= 0.3 is 0 Å². The Hall–Kier alpha value is -1.91. The van der Waals surface area contributed by atoms with Crippen molar-refractivity contribution in [3.05, 3.63) is 58.9 Å². The monoisotopic (exact) mass is 340 g/mol. The average molecular weight is 340 g/mol. The van der Waals surface area contributed by atoms with Crippen LogP contribution in [-0.2, 0) is 0 Å². The number of hydrogen-bond donors (Lipinski definition) is 0. The summed E-state index contributed by atoms with van der Waals surface area (Å²) in [4.78, 5) is 0. The van der Waals surface area contributed by atoms with Crippen molar-refractivity contribution in [3.8, 4) is 11.1 Å². The maximum atomic E-state index is 14.5. The van der Waals surface area contributed by atoms with E-state index in [4.69, 9.17) is 0 Å². The first-order valence-corrected chi connectivity index (χ1v) is 8.01. The third-order valence-electron chi connectivity index (χ3n) is 4.86. The Morgan fingerprint density at radius 1 is 0.750 bits per heavy atom. The molecule has 128 valence electrons. The molecule has 0 aliphatic heterocycles. The minimum atomic E-state index is -1.63. The fraction of sp³-hybridized carbons (Fsp3) is 0.368. The van der Waals surface area contributed by atoms with Gasteiger partial charge < -0.3 is 0 Å². The third-order valence-corrected chi connectivity index (χ3v) is 4.86. The molecule has 0 N–H and O–H groups in total. The Labute approximate surface area is 137 Å². The van der Waals surface area contributed by atoms with Crippen LogP contribution in [0.5, 0.6) is 0 Å². The molecule has 0 amide bonds. The lowest BCUT2D eigenvalue weighted by molar-refractivity contribution is 0.339. The number of hydrogen-bond acceptors (Lipinski definition) is 0. The molecule has 0 saturated heterocycles. The molecule has 0 unspecified atom stereocenters. The first kappa shape index (κ1) is 16.9. The molecule has 1 fully saturated rings. The first-order chi connectivity index (χ1) is 11.4. The van der Waals surface area contributed by atoms with Crippen molar-refractivity contribution >= 4 is 0 Å². The third kappa shape index (κ3) is 3.04. The van der Waals surface area contributed by atoms with Crippen LogP contribution < -0.4 is 0 Å². The molecular formula is C19H17F5. The van der Waals surface area contributed by atoms with Gasteiger partial charge in [-0.3, -0.25) is 0 Å². The second-order valence-electron chi connectivity index (χ2n) is 6.54. The van der Waals surface area contributed by atoms with Crippen LogP contribution in [0.2, 0.25) is 0 Å². The summed E-state index contributed by atoms with van der Waals surface area (Å²) in [6.07, 6.45) is 3.50. The summed E-state index contributed by atoms with van der Waals surface area (Å²) < 4.78 is 68.6. The van der Waals surface area contributed by atoms with E-state index in [1.54, 1.807) is 0 Å². The molecule has 24 heavy (non-hydrogen) atoms. The zero-order chi connectivity index (χ0) is 17.4. The van der Waals surface area contributed by atoms with Crippen LogP contribution in [0.25, 0.3) is 11.1 Å². The van der Waals surface area contributed by atoms with Crippen molar-refractivity contribution < 1.29 is 22.0 Å². The highest BCUT2D eigenvalue weighted by Gasteiger charge is 2.25. The second kappa shape index (κ2) is 6.54. The Bertz CT molecular complexity index is 738. The van der Waals surface area contributed by atoms with Crippen LogP contribution in [0.1, 0.15) is 44.1 Å². The summed E-state index contributed by atoms with van der Waals surface area (Å²) in [6.45, 7) is 2.13. The standard InChI is InChI=1S/C19H17F5/c1-10-2-4-11(5-3-10)13-6-7-14(18(23)17(13)22)12-8-15(20)19(24)16(21)9-12/h6-11H,2-5H2,1H3. The predicted octanol–water partition coefficient (Wildman–Crippen LogP) is 6.34. The smallest absolute Gasteiger partial charge is 0.194 e. The summed E-state index contributed by atoms with van der Waals surface area (Å²) >= 11 is 0. The van der Waals surface area contributed by atoms with Crippen molar-refractivity contribution in [2.24, 2.45) is 5.92 Å². The number of rotatable bonds is 2. The van der Waals surface area contributed by atoms with Crippen molar-refractivity contribution in [2.75, 3.05) is 0 Å². The van der Waals surface area contributed by atoms with Gasteiger partial charge in [0.25, 0.3) is 0 Å². The van der Waals surface area contributed by atoms with Crippen molar-refractivity contribution in [1.82, 2.24) is 0 Å². The summed E-state index contributed by atoms with van der Waals surface area (Å²) in [5.74, 6) is -6.11. The molecule has 2 aromatic carbocycles. The molecular weight excluding hydrogens is 323 g/mol. The van der Waals surface area contributed by atoms with Gasteiger partial charge in [-0.05, 0) is 47.9 Å². The van der Waals surface area contributed by atoms with E-state index in [9.17, 15) is 22.0 Å². The molecule has 1 saturated carbocycles. The van der Waals surface area contributed by atoms with Gasteiger partial charge in [0.15, 0.2) is 29.1 Å². The molecule has 1 aliphatic carbocycles. The Morgan fingerprint density at radius 3 is 1.92 bits per heavy atom. The van der Waals surface area contributed by atoms with Crippen LogP contribution in [0, 0.1) is 35.0 Å². The topological polar surface area (TPSA) is 0 Å². The highest BCUT2D eigenvalue weighted by Crippen LogP contribution is 2.38. The van der Waals surface area contributed by atoms with Gasteiger partial charge in [-0.25, -0.2) is 22.0 Å². The summed E-state index contributed by atoms with van der Waals surface area (Å²) in [6, 6.07) is 4.10. The van der Waals surface area contributed by atoms with Gasteiger partial charge in [-0.15, -0.1) is 0 Å². The quantitative estimate of drug-likeness (QED) is 0.442. The van der Waals surface area contributed by atoms with Crippen LogP contribution in [0.4, 0.5) is 22.0 Å². The van der Waals surface area contributed by atoms with Gasteiger partial charge in [0.2, 0.25) is 0 Å². The summed E-state index contributed by atoms with van der Waals surface area (Å²) in [5.41, 5.74) is -0.212. The fourth-order valence-corrected chi connectivity index (χ4v) is 3.38. The molecule has 0 radical (unpaired) electrons. The van der Waals surface area contributed by atoms with E-state index in [1.807, 2.05) is 0 Å². The fourth-order valence-electron chi connectivity index (χ4n) is 3.38. The van der Waals surface area contributed by atoms with Crippen LogP contribution >= 0.6 is 0 Å². The minimum absolute atomic E-state index is 0.0496. The van der Waals surface area contributed by atoms with Gasteiger partial charge in [-0.2, -0.15) is 0 Å². The molecule has 0 bridgehead atoms. The maximum Gasteiger partial charge on any atom is 0.194 e. The Morgan fingerprint density at radius 2 is 1.33 bits per heavy atom. The lowest BCUT2D eigenvalue weighted by atomic mass is 9.79. The highest BCUT2D eigenvalue weighted by molar-refractivity contribution is 5.65. The minimum Gasteiger partial charge on any atom is -0.204 e. The van der Waals surface area contributed by atoms with Crippen LogP contribution in [0.15, 0.2) is 24.3 Å². The van der Waals surface area contributed by atoms with Crippen LogP contribution in [0.3, 0.4) is 0 Å². The van der Waals surface area contributed by atoms with E-state index in [-0.39, 0.29) is 17.0 Å². The van der Waals surface area contributed by atoms with E-state index in [0.717, 1.165) is 25.7 Å². The van der Waals surface area contributed by atoms with Gasteiger partial charge in [0.1, 0.15) is 0 Å². The van der Waals surface area contributed by atoms with Gasteiger partial charge in [-0.1, -0.05) is 31.9 Å². The number of benzene rings is 2. The van der Waals surface area contributed by atoms with E-state index in [0.29, 0.717) is 23.6 Å². The largest absolute Gasteiger partial charge is 0.204 e. The molecule has 0 aromatic heterocycles. The first-order valence-electron chi connectivity index (χ1n) is 8.01. The summed E-state index contributed by atoms with van der Waals surface area (Å²) in [5, 5.41) is 0. The van der Waals surface area contributed by atoms with E-state index < -0.39 is 29.1 Å². The lowest BCUT2D eigenvalue weighted by Crippen LogP contribution is -2.13. The van der Waals surface area contributed by atoms with E-state index in [1.165, 1.54) is 12.1 Å². The molecule has 0 heterocycles. The molecule has 5 heteroatoms. The Kier molecular flexibility index (Phi) is 4.61. The lowest BCUT2D eigenvalue weighted by Gasteiger charge is -2.27.